The van der Waals surface area contributed by atoms with Gasteiger partial charge in [0.2, 0.25) is 5.91 Å². The van der Waals surface area contributed by atoms with E-state index < -0.39 is 0 Å². The van der Waals surface area contributed by atoms with Crippen molar-refractivity contribution in [3.8, 4) is 0 Å². The van der Waals surface area contributed by atoms with Gasteiger partial charge in [0.1, 0.15) is 0 Å². The van der Waals surface area contributed by atoms with Gasteiger partial charge in [-0.15, -0.1) is 0 Å². The van der Waals surface area contributed by atoms with Crippen LogP contribution in [0.4, 0.5) is 0 Å². The molecule has 1 aliphatic heterocycles. The first kappa shape index (κ1) is 10.9. The summed E-state index contributed by atoms with van der Waals surface area (Å²) in [6.45, 7) is 2.90. The Kier molecular flexibility index (Phi) is 4.01. The Morgan fingerprint density at radius 1 is 1.20 bits per heavy atom. The predicted molar refractivity (Wildman–Crippen MR) is 60.6 cm³/mol. The zero-order valence-corrected chi connectivity index (χ0v) is 9.43. The molecule has 1 heterocycles. The number of carbonyl (C=O) groups excluding carboxylic acids is 1. The van der Waals surface area contributed by atoms with Crippen molar-refractivity contribution in [1.82, 2.24) is 10.6 Å². The highest BCUT2D eigenvalue weighted by atomic mass is 16.1. The van der Waals surface area contributed by atoms with Crippen molar-refractivity contribution in [3.05, 3.63) is 0 Å². The molecule has 1 amide bonds. The summed E-state index contributed by atoms with van der Waals surface area (Å²) in [5, 5.41) is 6.37. The number of piperidine rings is 1. The van der Waals surface area contributed by atoms with Crippen LogP contribution in [0.1, 0.15) is 38.5 Å². The van der Waals surface area contributed by atoms with E-state index in [-0.39, 0.29) is 11.8 Å². The third-order valence-electron chi connectivity index (χ3n) is 3.79. The van der Waals surface area contributed by atoms with Gasteiger partial charge < -0.3 is 10.6 Å². The highest BCUT2D eigenvalue weighted by molar-refractivity contribution is 5.78. The molecule has 0 aromatic carbocycles. The van der Waals surface area contributed by atoms with Gasteiger partial charge in [-0.1, -0.05) is 19.3 Å². The van der Waals surface area contributed by atoms with Crippen LogP contribution in [0, 0.1) is 11.8 Å². The van der Waals surface area contributed by atoms with Gasteiger partial charge in [0.15, 0.2) is 0 Å². The van der Waals surface area contributed by atoms with Crippen LogP contribution < -0.4 is 10.6 Å². The van der Waals surface area contributed by atoms with Gasteiger partial charge in [0, 0.05) is 12.5 Å². The van der Waals surface area contributed by atoms with Gasteiger partial charge in [-0.3, -0.25) is 4.79 Å². The zero-order chi connectivity index (χ0) is 10.5. The van der Waals surface area contributed by atoms with Crippen molar-refractivity contribution < 1.29 is 4.79 Å². The molecule has 2 aliphatic rings. The fourth-order valence-corrected chi connectivity index (χ4v) is 2.41. The molecule has 0 aromatic heterocycles. The van der Waals surface area contributed by atoms with E-state index in [9.17, 15) is 4.79 Å². The first-order valence-electron chi connectivity index (χ1n) is 6.34. The molecule has 2 N–H and O–H groups in total. The Hall–Kier alpha value is -0.570. The van der Waals surface area contributed by atoms with Gasteiger partial charge in [-0.2, -0.15) is 0 Å². The molecule has 3 nitrogen and oxygen atoms in total. The van der Waals surface area contributed by atoms with Crippen LogP contribution in [0.25, 0.3) is 0 Å². The topological polar surface area (TPSA) is 41.1 Å². The molecule has 3 heteroatoms. The summed E-state index contributed by atoms with van der Waals surface area (Å²) in [6.07, 6.45) is 7.36. The maximum atomic E-state index is 11.7. The quantitative estimate of drug-likeness (QED) is 0.734. The van der Waals surface area contributed by atoms with Crippen molar-refractivity contribution >= 4 is 5.91 Å². The summed E-state index contributed by atoms with van der Waals surface area (Å²) in [4.78, 5) is 11.7. The molecule has 0 radical (unpaired) electrons. The van der Waals surface area contributed by atoms with E-state index in [2.05, 4.69) is 10.6 Å². The minimum atomic E-state index is 0.271. The number of carbonyl (C=O) groups is 1. The Bertz CT molecular complexity index is 208. The monoisotopic (exact) mass is 210 g/mol. The first-order chi connectivity index (χ1) is 7.36. The van der Waals surface area contributed by atoms with Gasteiger partial charge in [0.25, 0.3) is 0 Å². The van der Waals surface area contributed by atoms with Crippen LogP contribution in [0.3, 0.4) is 0 Å². The largest absolute Gasteiger partial charge is 0.356 e. The van der Waals surface area contributed by atoms with Gasteiger partial charge in [-0.05, 0) is 38.3 Å². The van der Waals surface area contributed by atoms with Crippen molar-refractivity contribution in [2.45, 2.75) is 38.5 Å². The highest BCUT2D eigenvalue weighted by Gasteiger charge is 2.21. The van der Waals surface area contributed by atoms with Crippen molar-refractivity contribution in [2.75, 3.05) is 19.6 Å². The van der Waals surface area contributed by atoms with Crippen LogP contribution in [-0.4, -0.2) is 25.5 Å². The summed E-state index contributed by atoms with van der Waals surface area (Å²) in [6, 6.07) is 0. The molecule has 1 aliphatic carbocycles. The summed E-state index contributed by atoms with van der Waals surface area (Å²) in [5.41, 5.74) is 0. The maximum absolute atomic E-state index is 11.7. The number of hydrogen-bond acceptors (Lipinski definition) is 2. The van der Waals surface area contributed by atoms with Crippen LogP contribution in [0.5, 0.6) is 0 Å². The molecule has 1 saturated carbocycles. The molecular weight excluding hydrogens is 188 g/mol. The van der Waals surface area contributed by atoms with Crippen LogP contribution >= 0.6 is 0 Å². The van der Waals surface area contributed by atoms with Gasteiger partial charge in [0.05, 0.1) is 0 Å². The Morgan fingerprint density at radius 3 is 2.53 bits per heavy atom. The molecule has 0 atom stereocenters. The smallest absolute Gasteiger partial charge is 0.223 e. The molecule has 2 rings (SSSR count). The Balaban J connectivity index is 1.58. The predicted octanol–water partition coefficient (Wildman–Crippen LogP) is 1.29. The van der Waals surface area contributed by atoms with E-state index in [4.69, 9.17) is 0 Å². The van der Waals surface area contributed by atoms with Crippen molar-refractivity contribution in [1.29, 1.82) is 0 Å². The lowest BCUT2D eigenvalue weighted by Gasteiger charge is -2.26. The number of amides is 1. The lowest BCUT2D eigenvalue weighted by molar-refractivity contribution is -0.125. The minimum Gasteiger partial charge on any atom is -0.356 e. The highest BCUT2D eigenvalue weighted by Crippen LogP contribution is 2.28. The molecule has 86 valence electrons. The lowest BCUT2D eigenvalue weighted by atomic mass is 9.83. The first-order valence-corrected chi connectivity index (χ1v) is 6.34. The number of nitrogens with one attached hydrogen (secondary N) is 2. The molecule has 0 unspecified atom stereocenters. The summed E-state index contributed by atoms with van der Waals surface area (Å²) in [5.74, 6) is 1.46. The SMILES string of the molecule is O=C(NCCC1CCC1)C1CCNCC1. The molecule has 15 heavy (non-hydrogen) atoms. The van der Waals surface area contributed by atoms with E-state index in [1.54, 1.807) is 0 Å². The summed E-state index contributed by atoms with van der Waals surface area (Å²) < 4.78 is 0. The van der Waals surface area contributed by atoms with E-state index >= 15 is 0 Å². The second-order valence-electron chi connectivity index (χ2n) is 4.90. The number of rotatable bonds is 4. The third kappa shape index (κ3) is 3.20. The van der Waals surface area contributed by atoms with E-state index in [0.717, 1.165) is 38.4 Å². The zero-order valence-electron chi connectivity index (χ0n) is 9.43. The summed E-state index contributed by atoms with van der Waals surface area (Å²) >= 11 is 0. The average molecular weight is 210 g/mol. The van der Waals surface area contributed by atoms with Gasteiger partial charge in [-0.25, -0.2) is 0 Å². The van der Waals surface area contributed by atoms with Crippen LogP contribution in [0.15, 0.2) is 0 Å². The van der Waals surface area contributed by atoms with E-state index in [1.807, 2.05) is 0 Å². The number of hydrogen-bond donors (Lipinski definition) is 2. The van der Waals surface area contributed by atoms with Crippen LogP contribution in [0.2, 0.25) is 0 Å². The Labute approximate surface area is 92.0 Å². The fourth-order valence-electron chi connectivity index (χ4n) is 2.41. The van der Waals surface area contributed by atoms with Crippen LogP contribution in [-0.2, 0) is 4.79 Å². The average Bonchev–Trinajstić information content (AvgIpc) is 2.23. The molecular formula is C12H22N2O. The van der Waals surface area contributed by atoms with E-state index in [0.29, 0.717) is 0 Å². The maximum Gasteiger partial charge on any atom is 0.223 e. The summed E-state index contributed by atoms with van der Waals surface area (Å²) in [7, 11) is 0. The molecule has 2 fully saturated rings. The molecule has 0 aromatic rings. The van der Waals surface area contributed by atoms with Crippen molar-refractivity contribution in [2.24, 2.45) is 11.8 Å². The minimum absolute atomic E-state index is 0.271. The normalized spacial score (nSPS) is 23.5. The molecule has 0 spiro atoms. The van der Waals surface area contributed by atoms with E-state index in [1.165, 1.54) is 25.7 Å². The van der Waals surface area contributed by atoms with Crippen molar-refractivity contribution in [3.63, 3.8) is 0 Å². The second kappa shape index (κ2) is 5.50. The lowest BCUT2D eigenvalue weighted by Crippen LogP contribution is -2.39. The fraction of sp³-hybridized carbons (Fsp3) is 0.917. The second-order valence-corrected chi connectivity index (χ2v) is 4.90. The molecule has 0 bridgehead atoms. The van der Waals surface area contributed by atoms with Gasteiger partial charge >= 0.3 is 0 Å². The third-order valence-corrected chi connectivity index (χ3v) is 3.79. The standard InChI is InChI=1S/C12H22N2O/c15-12(11-5-7-13-8-6-11)14-9-4-10-2-1-3-10/h10-11,13H,1-9H2,(H,14,15). The molecule has 1 saturated heterocycles. The Morgan fingerprint density at radius 2 is 1.93 bits per heavy atom.